The highest BCUT2D eigenvalue weighted by molar-refractivity contribution is 5.91. The number of hydrogen-bond acceptors (Lipinski definition) is 2. The van der Waals surface area contributed by atoms with Crippen LogP contribution in [0.25, 0.3) is 0 Å². The molecule has 2 heteroatoms. The molecule has 0 aromatic heterocycles. The van der Waals surface area contributed by atoms with Crippen LogP contribution in [-0.2, 0) is 4.79 Å². The fourth-order valence-corrected chi connectivity index (χ4v) is 3.14. The van der Waals surface area contributed by atoms with Gasteiger partial charge in [0.25, 0.3) is 0 Å². The molecule has 0 saturated heterocycles. The van der Waals surface area contributed by atoms with Gasteiger partial charge in [0.2, 0.25) is 0 Å². The Bertz CT molecular complexity index is 388. The monoisotopic (exact) mass is 218 g/mol. The zero-order chi connectivity index (χ0) is 11.8. The minimum absolute atomic E-state index is 0.192. The van der Waals surface area contributed by atoms with Crippen LogP contribution in [0.15, 0.2) is 11.6 Å². The van der Waals surface area contributed by atoms with Gasteiger partial charge in [0.05, 0.1) is 5.60 Å². The van der Waals surface area contributed by atoms with Crippen molar-refractivity contribution < 1.29 is 9.90 Å². The molecule has 0 aliphatic heterocycles. The van der Waals surface area contributed by atoms with E-state index in [4.69, 9.17) is 6.42 Å². The predicted molar refractivity (Wildman–Crippen MR) is 62.7 cm³/mol. The molecule has 0 aromatic rings. The van der Waals surface area contributed by atoms with Gasteiger partial charge in [-0.05, 0) is 31.8 Å². The molecule has 2 rings (SSSR count). The number of hydrogen-bond donors (Lipinski definition) is 1. The Kier molecular flexibility index (Phi) is 2.67. The van der Waals surface area contributed by atoms with Crippen LogP contribution in [0.2, 0.25) is 0 Å². The van der Waals surface area contributed by atoms with E-state index in [1.165, 1.54) is 0 Å². The fourth-order valence-electron chi connectivity index (χ4n) is 3.14. The first-order valence-electron chi connectivity index (χ1n) is 5.92. The zero-order valence-corrected chi connectivity index (χ0v) is 9.75. The maximum atomic E-state index is 11.4. The molecule has 2 atom stereocenters. The third kappa shape index (κ3) is 1.51. The van der Waals surface area contributed by atoms with Crippen molar-refractivity contribution in [2.75, 3.05) is 0 Å². The average Bonchev–Trinajstić information content (AvgIpc) is 2.22. The summed E-state index contributed by atoms with van der Waals surface area (Å²) in [6.07, 6.45) is 11.3. The van der Waals surface area contributed by atoms with Crippen LogP contribution in [0, 0.1) is 17.8 Å². The highest BCUT2D eigenvalue weighted by Gasteiger charge is 2.51. The van der Waals surface area contributed by atoms with Gasteiger partial charge in [-0.2, -0.15) is 0 Å². The van der Waals surface area contributed by atoms with Crippen molar-refractivity contribution in [3.63, 3.8) is 0 Å². The first-order valence-corrected chi connectivity index (χ1v) is 5.92. The molecule has 0 heterocycles. The van der Waals surface area contributed by atoms with Gasteiger partial charge in [-0.25, -0.2) is 0 Å². The van der Waals surface area contributed by atoms with E-state index in [1.54, 1.807) is 6.08 Å². The van der Waals surface area contributed by atoms with E-state index in [9.17, 15) is 9.90 Å². The highest BCUT2D eigenvalue weighted by atomic mass is 16.3. The smallest absolute Gasteiger partial charge is 0.155 e. The minimum Gasteiger partial charge on any atom is -0.388 e. The SMILES string of the molecule is C#CC[C@]1(O)CCCC2=CC(=O)CC[C@@]21C. The highest BCUT2D eigenvalue weighted by Crippen LogP contribution is 2.53. The number of allylic oxidation sites excluding steroid dienone is 1. The van der Waals surface area contributed by atoms with Crippen LogP contribution >= 0.6 is 0 Å². The van der Waals surface area contributed by atoms with Gasteiger partial charge in [-0.1, -0.05) is 12.5 Å². The van der Waals surface area contributed by atoms with E-state index < -0.39 is 5.60 Å². The molecule has 86 valence electrons. The standard InChI is InChI=1S/C14H18O2/c1-3-7-14(16)8-4-5-11-10-12(15)6-9-13(11,14)2/h1,10,16H,4-9H2,2H3/t13-,14-/m0/s1. The largest absolute Gasteiger partial charge is 0.388 e. The third-order valence-electron chi connectivity index (χ3n) is 4.37. The second kappa shape index (κ2) is 3.75. The van der Waals surface area contributed by atoms with Crippen molar-refractivity contribution in [1.29, 1.82) is 0 Å². The quantitative estimate of drug-likeness (QED) is 0.685. The number of carbonyl (C=O) groups is 1. The van der Waals surface area contributed by atoms with E-state index in [2.05, 4.69) is 12.8 Å². The molecule has 0 spiro atoms. The summed E-state index contributed by atoms with van der Waals surface area (Å²) in [6, 6.07) is 0. The van der Waals surface area contributed by atoms with Crippen LogP contribution in [0.5, 0.6) is 0 Å². The summed E-state index contributed by atoms with van der Waals surface area (Å²) in [5.74, 6) is 2.78. The summed E-state index contributed by atoms with van der Waals surface area (Å²) in [4.78, 5) is 11.4. The number of terminal acetylenes is 1. The fraction of sp³-hybridized carbons (Fsp3) is 0.643. The average molecular weight is 218 g/mol. The topological polar surface area (TPSA) is 37.3 Å². The molecular formula is C14H18O2. The lowest BCUT2D eigenvalue weighted by Crippen LogP contribution is -2.51. The van der Waals surface area contributed by atoms with Gasteiger partial charge >= 0.3 is 0 Å². The molecule has 2 aliphatic carbocycles. The van der Waals surface area contributed by atoms with Gasteiger partial charge in [0, 0.05) is 18.3 Å². The van der Waals surface area contributed by atoms with Gasteiger partial charge in [-0.3, -0.25) is 4.79 Å². The van der Waals surface area contributed by atoms with Crippen molar-refractivity contribution in [2.24, 2.45) is 5.41 Å². The summed E-state index contributed by atoms with van der Waals surface area (Å²) >= 11 is 0. The van der Waals surface area contributed by atoms with E-state index >= 15 is 0 Å². The van der Waals surface area contributed by atoms with Crippen molar-refractivity contribution in [2.45, 2.75) is 51.0 Å². The van der Waals surface area contributed by atoms with Crippen LogP contribution in [0.4, 0.5) is 0 Å². The van der Waals surface area contributed by atoms with E-state index in [1.807, 2.05) is 0 Å². The molecule has 1 fully saturated rings. The Labute approximate surface area is 96.7 Å². The van der Waals surface area contributed by atoms with E-state index in [0.717, 1.165) is 31.3 Å². The lowest BCUT2D eigenvalue weighted by atomic mass is 9.56. The number of rotatable bonds is 1. The molecule has 0 amide bonds. The normalized spacial score (nSPS) is 38.6. The molecule has 0 unspecified atom stereocenters. The summed E-state index contributed by atoms with van der Waals surface area (Å²) in [7, 11) is 0. The van der Waals surface area contributed by atoms with E-state index in [-0.39, 0.29) is 11.2 Å². The number of fused-ring (bicyclic) bond motifs is 1. The maximum Gasteiger partial charge on any atom is 0.155 e. The molecule has 0 bridgehead atoms. The Morgan fingerprint density at radius 3 is 2.94 bits per heavy atom. The van der Waals surface area contributed by atoms with Gasteiger partial charge in [0.1, 0.15) is 0 Å². The molecule has 2 aliphatic rings. The second-order valence-electron chi connectivity index (χ2n) is 5.23. The lowest BCUT2D eigenvalue weighted by molar-refractivity contribution is -0.120. The molecule has 0 radical (unpaired) electrons. The summed E-state index contributed by atoms with van der Waals surface area (Å²) in [6.45, 7) is 2.06. The first kappa shape index (κ1) is 11.4. The van der Waals surface area contributed by atoms with Crippen molar-refractivity contribution in [3.05, 3.63) is 11.6 Å². The van der Waals surface area contributed by atoms with Gasteiger partial charge < -0.3 is 5.11 Å². The predicted octanol–water partition coefficient (Wildman–Crippen LogP) is 2.22. The number of aliphatic hydroxyl groups is 1. The summed E-state index contributed by atoms with van der Waals surface area (Å²) in [5, 5.41) is 10.7. The Balaban J connectivity index is 2.41. The Morgan fingerprint density at radius 1 is 1.50 bits per heavy atom. The molecule has 1 saturated carbocycles. The minimum atomic E-state index is -0.813. The van der Waals surface area contributed by atoms with Crippen LogP contribution in [-0.4, -0.2) is 16.5 Å². The third-order valence-corrected chi connectivity index (χ3v) is 4.37. The first-order chi connectivity index (χ1) is 7.52. The molecule has 1 N–H and O–H groups in total. The summed E-state index contributed by atoms with van der Waals surface area (Å²) in [5.41, 5.74) is 0.00525. The zero-order valence-electron chi connectivity index (χ0n) is 9.75. The Hall–Kier alpha value is -1.07. The van der Waals surface area contributed by atoms with Crippen LogP contribution < -0.4 is 0 Å². The maximum absolute atomic E-state index is 11.4. The number of ketones is 1. The van der Waals surface area contributed by atoms with Crippen LogP contribution in [0.1, 0.15) is 45.4 Å². The molecule has 2 nitrogen and oxygen atoms in total. The van der Waals surface area contributed by atoms with Crippen molar-refractivity contribution in [3.8, 4) is 12.3 Å². The van der Waals surface area contributed by atoms with Gasteiger partial charge in [0.15, 0.2) is 5.78 Å². The lowest BCUT2D eigenvalue weighted by Gasteiger charge is -2.51. The molecule has 0 aromatic carbocycles. The second-order valence-corrected chi connectivity index (χ2v) is 5.23. The number of carbonyl (C=O) groups excluding carboxylic acids is 1. The van der Waals surface area contributed by atoms with E-state index in [0.29, 0.717) is 12.8 Å². The van der Waals surface area contributed by atoms with Crippen molar-refractivity contribution in [1.82, 2.24) is 0 Å². The molecular weight excluding hydrogens is 200 g/mol. The molecule has 16 heavy (non-hydrogen) atoms. The van der Waals surface area contributed by atoms with Crippen LogP contribution in [0.3, 0.4) is 0 Å². The Morgan fingerprint density at radius 2 is 2.25 bits per heavy atom. The summed E-state index contributed by atoms with van der Waals surface area (Å²) < 4.78 is 0. The van der Waals surface area contributed by atoms with Gasteiger partial charge in [-0.15, -0.1) is 12.3 Å². The van der Waals surface area contributed by atoms with Crippen molar-refractivity contribution >= 4 is 5.78 Å².